The van der Waals surface area contributed by atoms with Gasteiger partial charge in [0.15, 0.2) is 0 Å². The minimum atomic E-state index is 0.856. The molecule has 0 aromatic heterocycles. The highest BCUT2D eigenvalue weighted by Gasteiger charge is 2.22. The maximum atomic E-state index is 4.84. The summed E-state index contributed by atoms with van der Waals surface area (Å²) in [6.07, 6.45) is 4.58. The summed E-state index contributed by atoms with van der Waals surface area (Å²) in [5.41, 5.74) is 1.40. The molecule has 1 fully saturated rings. The SMILES string of the molecule is COC=C(C)C1CC1. The third-order valence-corrected chi connectivity index (χ3v) is 1.53. The second-order valence-corrected chi connectivity index (χ2v) is 2.37. The first-order valence-electron chi connectivity index (χ1n) is 3.04. The maximum absolute atomic E-state index is 4.84. The number of hydrogen-bond acceptors (Lipinski definition) is 1. The molecule has 46 valence electrons. The molecule has 1 aliphatic rings. The van der Waals surface area contributed by atoms with E-state index in [0.717, 1.165) is 5.92 Å². The van der Waals surface area contributed by atoms with Gasteiger partial charge in [0, 0.05) is 0 Å². The van der Waals surface area contributed by atoms with E-state index >= 15 is 0 Å². The molecule has 0 spiro atoms. The van der Waals surface area contributed by atoms with Crippen LogP contribution in [-0.2, 0) is 4.74 Å². The van der Waals surface area contributed by atoms with Crippen LogP contribution in [-0.4, -0.2) is 7.11 Å². The second kappa shape index (κ2) is 2.21. The Morgan fingerprint density at radius 1 is 1.62 bits per heavy atom. The lowest BCUT2D eigenvalue weighted by Crippen LogP contribution is -1.78. The van der Waals surface area contributed by atoms with Gasteiger partial charge in [-0.15, -0.1) is 0 Å². The molecule has 0 bridgehead atoms. The lowest BCUT2D eigenvalue weighted by molar-refractivity contribution is 0.332. The van der Waals surface area contributed by atoms with Crippen LogP contribution in [0.4, 0.5) is 0 Å². The van der Waals surface area contributed by atoms with Gasteiger partial charge in [-0.25, -0.2) is 0 Å². The Hall–Kier alpha value is -0.460. The van der Waals surface area contributed by atoms with E-state index in [2.05, 4.69) is 6.92 Å². The molecule has 0 unspecified atom stereocenters. The average Bonchev–Trinajstić information content (AvgIpc) is 2.45. The summed E-state index contributed by atoms with van der Waals surface area (Å²) >= 11 is 0. The number of methoxy groups -OCH3 is 1. The largest absolute Gasteiger partial charge is 0.504 e. The molecule has 1 rings (SSSR count). The van der Waals surface area contributed by atoms with Crippen LogP contribution in [0.25, 0.3) is 0 Å². The van der Waals surface area contributed by atoms with Crippen LogP contribution in [0, 0.1) is 5.92 Å². The van der Waals surface area contributed by atoms with Crippen molar-refractivity contribution in [1.82, 2.24) is 0 Å². The van der Waals surface area contributed by atoms with Gasteiger partial charge in [-0.2, -0.15) is 0 Å². The summed E-state index contributed by atoms with van der Waals surface area (Å²) in [6, 6.07) is 0. The Morgan fingerprint density at radius 2 is 2.25 bits per heavy atom. The third-order valence-electron chi connectivity index (χ3n) is 1.53. The molecule has 0 aromatic rings. The van der Waals surface area contributed by atoms with Crippen LogP contribution in [0.15, 0.2) is 11.8 Å². The van der Waals surface area contributed by atoms with Gasteiger partial charge in [-0.3, -0.25) is 0 Å². The predicted molar refractivity (Wildman–Crippen MR) is 33.5 cm³/mol. The van der Waals surface area contributed by atoms with E-state index < -0.39 is 0 Å². The van der Waals surface area contributed by atoms with Crippen molar-refractivity contribution in [2.45, 2.75) is 19.8 Å². The monoisotopic (exact) mass is 112 g/mol. The first kappa shape index (κ1) is 5.67. The van der Waals surface area contributed by atoms with Crippen LogP contribution in [0.2, 0.25) is 0 Å². The molecule has 0 radical (unpaired) electrons. The van der Waals surface area contributed by atoms with Gasteiger partial charge in [-0.05, 0) is 31.3 Å². The zero-order valence-electron chi connectivity index (χ0n) is 5.48. The van der Waals surface area contributed by atoms with Crippen LogP contribution in [0.5, 0.6) is 0 Å². The van der Waals surface area contributed by atoms with Gasteiger partial charge in [0.05, 0.1) is 13.4 Å². The quantitative estimate of drug-likeness (QED) is 0.496. The summed E-state index contributed by atoms with van der Waals surface area (Å²) in [7, 11) is 1.70. The molecule has 8 heavy (non-hydrogen) atoms. The minimum Gasteiger partial charge on any atom is -0.504 e. The van der Waals surface area contributed by atoms with Crippen LogP contribution >= 0.6 is 0 Å². The molecule has 1 heteroatoms. The Labute approximate surface area is 50.3 Å². The summed E-state index contributed by atoms with van der Waals surface area (Å²) in [6.45, 7) is 2.13. The van der Waals surface area contributed by atoms with Crippen LogP contribution < -0.4 is 0 Å². The fraction of sp³-hybridized carbons (Fsp3) is 0.714. The summed E-state index contributed by atoms with van der Waals surface area (Å²) in [4.78, 5) is 0. The highest BCUT2D eigenvalue weighted by molar-refractivity contribution is 5.06. The van der Waals surface area contributed by atoms with E-state index in [1.807, 2.05) is 6.26 Å². The minimum absolute atomic E-state index is 0.856. The average molecular weight is 112 g/mol. The molecule has 0 N–H and O–H groups in total. The van der Waals surface area contributed by atoms with Crippen molar-refractivity contribution in [3.8, 4) is 0 Å². The highest BCUT2D eigenvalue weighted by atomic mass is 16.5. The molecule has 0 atom stereocenters. The molecule has 1 aliphatic carbocycles. The number of hydrogen-bond donors (Lipinski definition) is 0. The van der Waals surface area contributed by atoms with Gasteiger partial charge in [0.1, 0.15) is 0 Å². The van der Waals surface area contributed by atoms with Crippen LogP contribution in [0.3, 0.4) is 0 Å². The second-order valence-electron chi connectivity index (χ2n) is 2.37. The first-order chi connectivity index (χ1) is 3.84. The van der Waals surface area contributed by atoms with Crippen molar-refractivity contribution in [3.05, 3.63) is 11.8 Å². The fourth-order valence-electron chi connectivity index (χ4n) is 0.821. The molecule has 0 amide bonds. The molecular weight excluding hydrogens is 100 g/mol. The van der Waals surface area contributed by atoms with Crippen molar-refractivity contribution in [3.63, 3.8) is 0 Å². The van der Waals surface area contributed by atoms with Crippen molar-refractivity contribution in [2.75, 3.05) is 7.11 Å². The van der Waals surface area contributed by atoms with E-state index in [-0.39, 0.29) is 0 Å². The van der Waals surface area contributed by atoms with Gasteiger partial charge in [0.25, 0.3) is 0 Å². The zero-order valence-corrected chi connectivity index (χ0v) is 5.48. The van der Waals surface area contributed by atoms with Crippen molar-refractivity contribution in [1.29, 1.82) is 0 Å². The zero-order chi connectivity index (χ0) is 5.98. The number of rotatable bonds is 2. The van der Waals surface area contributed by atoms with E-state index in [4.69, 9.17) is 4.74 Å². The third kappa shape index (κ3) is 1.25. The summed E-state index contributed by atoms with van der Waals surface area (Å²) < 4.78 is 4.84. The molecule has 0 aromatic carbocycles. The Bertz CT molecular complexity index is 101. The van der Waals surface area contributed by atoms with Crippen molar-refractivity contribution >= 4 is 0 Å². The van der Waals surface area contributed by atoms with Gasteiger partial charge < -0.3 is 4.74 Å². The molecular formula is C7H12O. The van der Waals surface area contributed by atoms with Crippen molar-refractivity contribution < 1.29 is 4.74 Å². The Balaban J connectivity index is 2.31. The van der Waals surface area contributed by atoms with Gasteiger partial charge in [0.2, 0.25) is 0 Å². The molecule has 0 heterocycles. The van der Waals surface area contributed by atoms with E-state index in [9.17, 15) is 0 Å². The van der Waals surface area contributed by atoms with Gasteiger partial charge >= 0.3 is 0 Å². The van der Waals surface area contributed by atoms with E-state index in [0.29, 0.717) is 0 Å². The van der Waals surface area contributed by atoms with Crippen molar-refractivity contribution in [2.24, 2.45) is 5.92 Å². The smallest absolute Gasteiger partial charge is 0.0816 e. The molecule has 1 nitrogen and oxygen atoms in total. The maximum Gasteiger partial charge on any atom is 0.0816 e. The molecule has 0 saturated heterocycles. The van der Waals surface area contributed by atoms with E-state index in [1.165, 1.54) is 18.4 Å². The van der Waals surface area contributed by atoms with Gasteiger partial charge in [-0.1, -0.05) is 0 Å². The first-order valence-corrected chi connectivity index (χ1v) is 3.04. The Kier molecular flexibility index (Phi) is 1.56. The topological polar surface area (TPSA) is 9.23 Å². The predicted octanol–water partition coefficient (Wildman–Crippen LogP) is 1.95. The fourth-order valence-corrected chi connectivity index (χ4v) is 0.821. The highest BCUT2D eigenvalue weighted by Crippen LogP contribution is 2.35. The van der Waals surface area contributed by atoms with Crippen LogP contribution in [0.1, 0.15) is 19.8 Å². The lowest BCUT2D eigenvalue weighted by Gasteiger charge is -1.93. The summed E-state index contributed by atoms with van der Waals surface area (Å²) in [5.74, 6) is 0.856. The number of allylic oxidation sites excluding steroid dienone is 1. The molecule has 1 saturated carbocycles. The summed E-state index contributed by atoms with van der Waals surface area (Å²) in [5, 5.41) is 0. The standard InChI is InChI=1S/C7H12O/c1-6(5-8-2)7-3-4-7/h5,7H,3-4H2,1-2H3. The van der Waals surface area contributed by atoms with E-state index in [1.54, 1.807) is 7.11 Å². The Morgan fingerprint density at radius 3 is 2.62 bits per heavy atom. The molecule has 0 aliphatic heterocycles. The number of ether oxygens (including phenoxy) is 1. The normalized spacial score (nSPS) is 21.0. The lowest BCUT2D eigenvalue weighted by atomic mass is 10.2.